The quantitative estimate of drug-likeness (QED) is 0.756. The van der Waals surface area contributed by atoms with E-state index in [-0.39, 0.29) is 27.9 Å². The summed E-state index contributed by atoms with van der Waals surface area (Å²) in [7, 11) is 0. The maximum absolute atomic E-state index is 14.3. The van der Waals surface area contributed by atoms with Crippen molar-refractivity contribution in [2.24, 2.45) is 5.92 Å². The molecule has 1 aromatic carbocycles. The third-order valence-corrected chi connectivity index (χ3v) is 6.59. The molecule has 5 rings (SSSR count). The number of benzene rings is 1. The summed E-state index contributed by atoms with van der Waals surface area (Å²) in [6, 6.07) is 11.8. The predicted octanol–water partition coefficient (Wildman–Crippen LogP) is 4.20. The lowest BCUT2D eigenvalue weighted by Gasteiger charge is -2.37. The number of aromatic nitrogens is 1. The molecule has 6 heteroatoms. The second kappa shape index (κ2) is 9.01. The van der Waals surface area contributed by atoms with Gasteiger partial charge in [-0.05, 0) is 49.1 Å². The maximum atomic E-state index is 14.3. The Balaban J connectivity index is 0.000000294. The molecule has 0 amide bonds. The molecule has 2 aliphatic heterocycles. The van der Waals surface area contributed by atoms with Crippen molar-refractivity contribution in [3.63, 3.8) is 0 Å². The number of rotatable bonds is 4. The Morgan fingerprint density at radius 1 is 1.10 bits per heavy atom. The number of Topliss-reactive ketones (excluding diaryl/α,β-unsaturated/α-hetero) is 1. The molecule has 0 spiro atoms. The van der Waals surface area contributed by atoms with Gasteiger partial charge in [-0.3, -0.25) is 19.5 Å². The Labute approximate surface area is 174 Å². The van der Waals surface area contributed by atoms with Crippen molar-refractivity contribution in [1.29, 1.82) is 0 Å². The Kier molecular flexibility index (Phi) is 6.21. The number of piperidine rings is 1. The Bertz CT molecular complexity index is 887. The molecule has 0 bridgehead atoms. The summed E-state index contributed by atoms with van der Waals surface area (Å²) in [5, 5.41) is 0.346. The average Bonchev–Trinajstić information content (AvgIpc) is 3.52. The van der Waals surface area contributed by atoms with Crippen molar-refractivity contribution in [2.75, 3.05) is 13.1 Å². The number of carbonyl (C=O) groups is 2. The van der Waals surface area contributed by atoms with Gasteiger partial charge < -0.3 is 0 Å². The van der Waals surface area contributed by atoms with Gasteiger partial charge in [0.25, 0.3) is 0 Å². The molecular weight excluding hydrogens is 387 g/mol. The smallest absolute Gasteiger partial charge is 0.212 e. The van der Waals surface area contributed by atoms with Crippen LogP contribution in [0, 0.1) is 11.7 Å². The molecule has 3 aliphatic rings. The number of carbonyl (C=O) groups excluding carboxylic acids is 2. The van der Waals surface area contributed by atoms with Crippen LogP contribution in [0.3, 0.4) is 0 Å². The summed E-state index contributed by atoms with van der Waals surface area (Å²) >= 11 is 1.37. The van der Waals surface area contributed by atoms with E-state index in [1.54, 1.807) is 36.7 Å². The SMILES string of the molecule is O=C1C=C2CN(C(C(=O)C3CC3)c3ccccc3F)CCC2S1.c1ccncc1. The average molecular weight is 411 g/mol. The van der Waals surface area contributed by atoms with Crippen molar-refractivity contribution in [2.45, 2.75) is 30.6 Å². The highest BCUT2D eigenvalue weighted by molar-refractivity contribution is 8.15. The summed E-state index contributed by atoms with van der Waals surface area (Å²) in [6.45, 7) is 1.31. The van der Waals surface area contributed by atoms with Gasteiger partial charge in [-0.25, -0.2) is 4.39 Å². The van der Waals surface area contributed by atoms with Gasteiger partial charge in [-0.1, -0.05) is 36.0 Å². The van der Waals surface area contributed by atoms with Crippen LogP contribution in [0.5, 0.6) is 0 Å². The molecule has 4 nitrogen and oxygen atoms in total. The first-order chi connectivity index (χ1) is 14.1. The summed E-state index contributed by atoms with van der Waals surface area (Å²) in [5.74, 6) is -0.114. The fourth-order valence-corrected chi connectivity index (χ4v) is 4.85. The Morgan fingerprint density at radius 2 is 1.86 bits per heavy atom. The monoisotopic (exact) mass is 410 g/mol. The van der Waals surface area contributed by atoms with Gasteiger partial charge in [-0.15, -0.1) is 0 Å². The number of pyridine rings is 1. The van der Waals surface area contributed by atoms with E-state index in [0.29, 0.717) is 12.1 Å². The molecule has 2 aromatic rings. The van der Waals surface area contributed by atoms with Gasteiger partial charge in [0, 0.05) is 42.2 Å². The van der Waals surface area contributed by atoms with Gasteiger partial charge in [0.15, 0.2) is 5.78 Å². The first-order valence-corrected chi connectivity index (χ1v) is 10.8. The van der Waals surface area contributed by atoms with E-state index in [9.17, 15) is 14.0 Å². The van der Waals surface area contributed by atoms with Gasteiger partial charge >= 0.3 is 0 Å². The molecule has 2 fully saturated rings. The summed E-state index contributed by atoms with van der Waals surface area (Å²) in [6.07, 6.45) is 7.86. The standard InChI is InChI=1S/C18H18FNO2S.C5H5N/c19-14-4-2-1-3-13(14)17(18(22)11-5-6-11)20-8-7-15-12(10-20)9-16(21)23-15;1-2-4-6-5-3-1/h1-4,9,11,15,17H,5-8,10H2;1-5H. The van der Waals surface area contributed by atoms with Gasteiger partial charge in [0.1, 0.15) is 5.82 Å². The normalized spacial score (nSPS) is 22.2. The minimum absolute atomic E-state index is 0.0749. The van der Waals surface area contributed by atoms with Crippen molar-refractivity contribution in [3.8, 4) is 0 Å². The van der Waals surface area contributed by atoms with Crippen molar-refractivity contribution < 1.29 is 14.0 Å². The number of hydrogen-bond acceptors (Lipinski definition) is 5. The summed E-state index contributed by atoms with van der Waals surface area (Å²) in [4.78, 5) is 30.3. The van der Waals surface area contributed by atoms with Crippen molar-refractivity contribution >= 4 is 22.7 Å². The zero-order valence-corrected chi connectivity index (χ0v) is 16.9. The lowest BCUT2D eigenvalue weighted by Crippen LogP contribution is -2.42. The molecule has 29 heavy (non-hydrogen) atoms. The minimum atomic E-state index is -0.522. The first-order valence-electron chi connectivity index (χ1n) is 9.92. The van der Waals surface area contributed by atoms with Crippen LogP contribution < -0.4 is 0 Å². The molecule has 2 unspecified atom stereocenters. The Morgan fingerprint density at radius 3 is 2.48 bits per heavy atom. The molecule has 1 saturated carbocycles. The van der Waals surface area contributed by atoms with Crippen LogP contribution in [0.1, 0.15) is 30.9 Å². The highest BCUT2D eigenvalue weighted by atomic mass is 32.2. The van der Waals surface area contributed by atoms with Crippen LogP contribution in [-0.4, -0.2) is 39.1 Å². The molecule has 1 saturated heterocycles. The highest BCUT2D eigenvalue weighted by Crippen LogP contribution is 2.41. The fourth-order valence-electron chi connectivity index (χ4n) is 3.83. The van der Waals surface area contributed by atoms with E-state index in [4.69, 9.17) is 0 Å². The van der Waals surface area contributed by atoms with Gasteiger partial charge in [0.2, 0.25) is 5.12 Å². The fraction of sp³-hybridized carbons (Fsp3) is 0.348. The number of thioether (sulfide) groups is 1. The van der Waals surface area contributed by atoms with E-state index >= 15 is 0 Å². The molecule has 0 N–H and O–H groups in total. The molecular formula is C23H23FN2O2S. The van der Waals surface area contributed by atoms with E-state index in [1.807, 2.05) is 18.2 Å². The highest BCUT2D eigenvalue weighted by Gasteiger charge is 2.42. The Hall–Kier alpha value is -2.31. The van der Waals surface area contributed by atoms with Crippen LogP contribution in [0.25, 0.3) is 0 Å². The van der Waals surface area contributed by atoms with E-state index in [0.717, 1.165) is 31.4 Å². The number of nitrogens with zero attached hydrogens (tertiary/aromatic N) is 2. The van der Waals surface area contributed by atoms with Crippen LogP contribution in [0.4, 0.5) is 4.39 Å². The molecule has 1 aromatic heterocycles. The van der Waals surface area contributed by atoms with Crippen LogP contribution in [-0.2, 0) is 9.59 Å². The van der Waals surface area contributed by atoms with E-state index in [1.165, 1.54) is 17.8 Å². The second-order valence-corrected chi connectivity index (χ2v) is 8.74. The van der Waals surface area contributed by atoms with Crippen LogP contribution in [0.15, 0.2) is 66.5 Å². The minimum Gasteiger partial charge on any atom is -0.297 e. The van der Waals surface area contributed by atoms with Crippen LogP contribution >= 0.6 is 11.8 Å². The predicted molar refractivity (Wildman–Crippen MR) is 112 cm³/mol. The zero-order chi connectivity index (χ0) is 20.2. The molecule has 150 valence electrons. The lowest BCUT2D eigenvalue weighted by molar-refractivity contribution is -0.126. The van der Waals surface area contributed by atoms with Crippen LogP contribution in [0.2, 0.25) is 0 Å². The first kappa shape index (κ1) is 20.0. The second-order valence-electron chi connectivity index (χ2n) is 7.53. The number of hydrogen-bond donors (Lipinski definition) is 0. The summed E-state index contributed by atoms with van der Waals surface area (Å²) in [5.41, 5.74) is 1.55. The molecule has 1 aliphatic carbocycles. The van der Waals surface area contributed by atoms with Gasteiger partial charge in [-0.2, -0.15) is 0 Å². The van der Waals surface area contributed by atoms with E-state index in [2.05, 4.69) is 9.88 Å². The van der Waals surface area contributed by atoms with Crippen molar-refractivity contribution in [3.05, 3.63) is 77.9 Å². The molecule has 0 radical (unpaired) electrons. The molecule has 3 heterocycles. The summed E-state index contributed by atoms with van der Waals surface area (Å²) < 4.78 is 14.3. The maximum Gasteiger partial charge on any atom is 0.212 e. The van der Waals surface area contributed by atoms with Crippen molar-refractivity contribution in [1.82, 2.24) is 9.88 Å². The topological polar surface area (TPSA) is 50.3 Å². The zero-order valence-electron chi connectivity index (χ0n) is 16.0. The third-order valence-electron chi connectivity index (χ3n) is 5.42. The van der Waals surface area contributed by atoms with Gasteiger partial charge in [0.05, 0.1) is 6.04 Å². The molecule has 2 atom stereocenters. The third kappa shape index (κ3) is 4.82. The number of halogens is 1. The number of fused-ring (bicyclic) bond motifs is 1. The van der Waals surface area contributed by atoms with E-state index < -0.39 is 6.04 Å². The lowest BCUT2D eigenvalue weighted by atomic mass is 9.94. The number of likely N-dealkylation sites (tertiary alicyclic amines) is 1. The largest absolute Gasteiger partial charge is 0.297 e. The number of ketones is 1.